The zero-order chi connectivity index (χ0) is 13.9. The van der Waals surface area contributed by atoms with Crippen LogP contribution in [0.25, 0.3) is 0 Å². The molecule has 0 unspecified atom stereocenters. The lowest BCUT2D eigenvalue weighted by molar-refractivity contribution is -0.0886. The third-order valence-electron chi connectivity index (χ3n) is 3.99. The van der Waals surface area contributed by atoms with E-state index in [0.717, 1.165) is 39.1 Å². The van der Waals surface area contributed by atoms with Crippen molar-refractivity contribution in [3.8, 4) is 0 Å². The Labute approximate surface area is 115 Å². The van der Waals surface area contributed by atoms with Crippen molar-refractivity contribution in [3.63, 3.8) is 0 Å². The number of carbonyl (C=O) groups is 1. The summed E-state index contributed by atoms with van der Waals surface area (Å²) in [4.78, 5) is 14.0. The molecule has 1 amide bonds. The standard InChI is InChI=1S/C14H26N2O3/c1-13(2,3)19-12(17)15-7-9-16-8-4-14(16)5-10-18-11-6-14/h4-11H2,1-3H3,(H,15,17). The highest BCUT2D eigenvalue weighted by Gasteiger charge is 2.44. The number of carbonyl (C=O) groups excluding carboxylic acids is 1. The van der Waals surface area contributed by atoms with E-state index >= 15 is 0 Å². The summed E-state index contributed by atoms with van der Waals surface area (Å²) < 4.78 is 10.6. The molecule has 0 aromatic carbocycles. The molecule has 0 saturated carbocycles. The van der Waals surface area contributed by atoms with Gasteiger partial charge in [0, 0.05) is 38.4 Å². The number of amides is 1. The normalized spacial score (nSPS) is 22.9. The van der Waals surface area contributed by atoms with Crippen molar-refractivity contribution in [1.29, 1.82) is 0 Å². The van der Waals surface area contributed by atoms with E-state index in [-0.39, 0.29) is 6.09 Å². The Morgan fingerprint density at radius 1 is 1.32 bits per heavy atom. The molecular formula is C14H26N2O3. The molecule has 5 nitrogen and oxygen atoms in total. The van der Waals surface area contributed by atoms with Crippen LogP contribution in [0.4, 0.5) is 4.79 Å². The van der Waals surface area contributed by atoms with E-state index in [1.165, 1.54) is 6.42 Å². The molecule has 2 saturated heterocycles. The molecule has 0 bridgehead atoms. The van der Waals surface area contributed by atoms with Crippen LogP contribution in [0.2, 0.25) is 0 Å². The molecule has 1 N–H and O–H groups in total. The topological polar surface area (TPSA) is 50.8 Å². The van der Waals surface area contributed by atoms with E-state index in [2.05, 4.69) is 10.2 Å². The Kier molecular flexibility index (Phi) is 4.36. The monoisotopic (exact) mass is 270 g/mol. The summed E-state index contributed by atoms with van der Waals surface area (Å²) in [5, 5.41) is 2.83. The number of alkyl carbamates (subject to hydrolysis) is 1. The summed E-state index contributed by atoms with van der Waals surface area (Å²) in [5.41, 5.74) is -0.0728. The van der Waals surface area contributed by atoms with Crippen LogP contribution in [0, 0.1) is 0 Å². The zero-order valence-corrected chi connectivity index (χ0v) is 12.3. The molecule has 5 heteroatoms. The molecule has 2 aliphatic heterocycles. The van der Waals surface area contributed by atoms with Crippen LogP contribution in [-0.4, -0.2) is 55.0 Å². The van der Waals surface area contributed by atoms with Gasteiger partial charge in [0.05, 0.1) is 0 Å². The summed E-state index contributed by atoms with van der Waals surface area (Å²) in [6.07, 6.45) is 3.19. The van der Waals surface area contributed by atoms with Gasteiger partial charge in [0.15, 0.2) is 0 Å². The smallest absolute Gasteiger partial charge is 0.407 e. The second-order valence-corrected chi connectivity index (χ2v) is 6.50. The molecule has 2 fully saturated rings. The lowest BCUT2D eigenvalue weighted by Gasteiger charge is -2.55. The van der Waals surface area contributed by atoms with Gasteiger partial charge in [-0.2, -0.15) is 0 Å². The van der Waals surface area contributed by atoms with Gasteiger partial charge in [0.25, 0.3) is 0 Å². The summed E-state index contributed by atoms with van der Waals surface area (Å²) in [6.45, 7) is 10.1. The van der Waals surface area contributed by atoms with Gasteiger partial charge >= 0.3 is 6.09 Å². The van der Waals surface area contributed by atoms with Crippen molar-refractivity contribution in [3.05, 3.63) is 0 Å². The van der Waals surface area contributed by atoms with Crippen molar-refractivity contribution < 1.29 is 14.3 Å². The van der Waals surface area contributed by atoms with E-state index < -0.39 is 5.60 Å². The molecule has 0 radical (unpaired) electrons. The molecule has 1 spiro atoms. The van der Waals surface area contributed by atoms with Gasteiger partial charge in [-0.3, -0.25) is 4.90 Å². The highest BCUT2D eigenvalue weighted by Crippen LogP contribution is 2.38. The molecule has 2 aliphatic rings. The molecule has 2 rings (SSSR count). The van der Waals surface area contributed by atoms with Crippen LogP contribution in [0.15, 0.2) is 0 Å². The minimum absolute atomic E-state index is 0.325. The lowest BCUT2D eigenvalue weighted by atomic mass is 9.78. The van der Waals surface area contributed by atoms with Gasteiger partial charge in [-0.25, -0.2) is 4.79 Å². The van der Waals surface area contributed by atoms with Gasteiger partial charge in [-0.05, 0) is 40.0 Å². The van der Waals surface area contributed by atoms with E-state index in [4.69, 9.17) is 9.47 Å². The fourth-order valence-electron chi connectivity index (χ4n) is 2.86. The van der Waals surface area contributed by atoms with Crippen LogP contribution in [0.1, 0.15) is 40.0 Å². The van der Waals surface area contributed by atoms with Crippen molar-refractivity contribution >= 4 is 6.09 Å². The zero-order valence-electron chi connectivity index (χ0n) is 12.3. The van der Waals surface area contributed by atoms with Crippen LogP contribution < -0.4 is 5.32 Å². The van der Waals surface area contributed by atoms with E-state index in [0.29, 0.717) is 12.1 Å². The van der Waals surface area contributed by atoms with Crippen LogP contribution >= 0.6 is 0 Å². The molecule has 0 aromatic rings. The molecule has 0 aliphatic carbocycles. The number of ether oxygens (including phenoxy) is 2. The largest absolute Gasteiger partial charge is 0.444 e. The van der Waals surface area contributed by atoms with Crippen LogP contribution in [0.5, 0.6) is 0 Å². The predicted molar refractivity (Wildman–Crippen MR) is 73.2 cm³/mol. The molecular weight excluding hydrogens is 244 g/mol. The second kappa shape index (κ2) is 5.67. The highest BCUT2D eigenvalue weighted by atomic mass is 16.6. The van der Waals surface area contributed by atoms with Gasteiger partial charge in [-0.1, -0.05) is 0 Å². The number of rotatable bonds is 3. The molecule has 19 heavy (non-hydrogen) atoms. The van der Waals surface area contributed by atoms with Crippen molar-refractivity contribution in [2.45, 2.75) is 51.2 Å². The minimum atomic E-state index is -0.428. The SMILES string of the molecule is CC(C)(C)OC(=O)NCCN1CCC12CCOCC2. The van der Waals surface area contributed by atoms with Crippen LogP contribution in [-0.2, 0) is 9.47 Å². The maximum absolute atomic E-state index is 11.5. The van der Waals surface area contributed by atoms with Crippen LogP contribution in [0.3, 0.4) is 0 Å². The van der Waals surface area contributed by atoms with E-state index in [9.17, 15) is 4.79 Å². The number of nitrogens with one attached hydrogen (secondary N) is 1. The van der Waals surface area contributed by atoms with Crippen molar-refractivity contribution in [1.82, 2.24) is 10.2 Å². The first kappa shape index (κ1) is 14.6. The summed E-state index contributed by atoms with van der Waals surface area (Å²) in [6, 6.07) is 0. The summed E-state index contributed by atoms with van der Waals surface area (Å²) in [5.74, 6) is 0. The first-order valence-corrected chi connectivity index (χ1v) is 7.21. The van der Waals surface area contributed by atoms with E-state index in [1.54, 1.807) is 0 Å². The number of hydrogen-bond acceptors (Lipinski definition) is 4. The van der Waals surface area contributed by atoms with E-state index in [1.807, 2.05) is 20.8 Å². The first-order valence-electron chi connectivity index (χ1n) is 7.21. The molecule has 0 atom stereocenters. The molecule has 2 heterocycles. The molecule has 110 valence electrons. The predicted octanol–water partition coefficient (Wildman–Crippen LogP) is 1.77. The van der Waals surface area contributed by atoms with Crippen molar-refractivity contribution in [2.24, 2.45) is 0 Å². The Morgan fingerprint density at radius 3 is 2.53 bits per heavy atom. The average molecular weight is 270 g/mol. The van der Waals surface area contributed by atoms with Gasteiger partial charge in [-0.15, -0.1) is 0 Å². The minimum Gasteiger partial charge on any atom is -0.444 e. The average Bonchev–Trinajstić information content (AvgIpc) is 2.32. The lowest BCUT2D eigenvalue weighted by Crippen LogP contribution is -2.63. The highest BCUT2D eigenvalue weighted by molar-refractivity contribution is 5.67. The quantitative estimate of drug-likeness (QED) is 0.849. The maximum atomic E-state index is 11.5. The first-order chi connectivity index (χ1) is 8.91. The number of nitrogens with zero attached hydrogens (tertiary/aromatic N) is 1. The van der Waals surface area contributed by atoms with Gasteiger partial charge in [0.2, 0.25) is 0 Å². The fraction of sp³-hybridized carbons (Fsp3) is 0.929. The Bertz CT molecular complexity index is 319. The molecule has 0 aromatic heterocycles. The third kappa shape index (κ3) is 3.83. The van der Waals surface area contributed by atoms with Gasteiger partial charge < -0.3 is 14.8 Å². The number of likely N-dealkylation sites (tertiary alicyclic amines) is 1. The maximum Gasteiger partial charge on any atom is 0.407 e. The van der Waals surface area contributed by atoms with Gasteiger partial charge in [0.1, 0.15) is 5.60 Å². The number of hydrogen-bond donors (Lipinski definition) is 1. The van der Waals surface area contributed by atoms with Crippen molar-refractivity contribution in [2.75, 3.05) is 32.8 Å². The summed E-state index contributed by atoms with van der Waals surface area (Å²) in [7, 11) is 0. The fourth-order valence-corrected chi connectivity index (χ4v) is 2.86. The Hall–Kier alpha value is -0.810. The summed E-state index contributed by atoms with van der Waals surface area (Å²) >= 11 is 0. The third-order valence-corrected chi connectivity index (χ3v) is 3.99. The second-order valence-electron chi connectivity index (χ2n) is 6.50. The Morgan fingerprint density at radius 2 is 2.00 bits per heavy atom. The Balaban J connectivity index is 1.67.